The van der Waals surface area contributed by atoms with E-state index in [0.29, 0.717) is 12.1 Å². The van der Waals surface area contributed by atoms with Crippen molar-refractivity contribution < 1.29 is 9.47 Å². The van der Waals surface area contributed by atoms with Crippen molar-refractivity contribution in [3.63, 3.8) is 0 Å². The number of methoxy groups -OCH3 is 1. The van der Waals surface area contributed by atoms with Crippen LogP contribution in [0, 0.1) is 0 Å². The van der Waals surface area contributed by atoms with E-state index in [1.807, 2.05) is 0 Å². The molecule has 4 heteroatoms. The van der Waals surface area contributed by atoms with Crippen molar-refractivity contribution in [1.29, 1.82) is 0 Å². The van der Waals surface area contributed by atoms with Crippen molar-refractivity contribution in [2.24, 2.45) is 0 Å². The van der Waals surface area contributed by atoms with Crippen molar-refractivity contribution in [2.75, 3.05) is 25.2 Å². The van der Waals surface area contributed by atoms with Crippen LogP contribution in [0.25, 0.3) is 0 Å². The summed E-state index contributed by atoms with van der Waals surface area (Å²) in [5, 5.41) is 3.96. The molecular formula is C19H27NO2S. The van der Waals surface area contributed by atoms with Crippen LogP contribution in [0.4, 0.5) is 0 Å². The predicted molar refractivity (Wildman–Crippen MR) is 95.6 cm³/mol. The summed E-state index contributed by atoms with van der Waals surface area (Å²) >= 11 is 2.06. The van der Waals surface area contributed by atoms with Crippen molar-refractivity contribution >= 4 is 11.8 Å². The van der Waals surface area contributed by atoms with E-state index in [1.54, 1.807) is 7.11 Å². The molecule has 2 aliphatic heterocycles. The molecule has 3 atom stereocenters. The molecule has 0 unspecified atom stereocenters. The second-order valence-electron chi connectivity index (χ2n) is 7.26. The number of hydrogen-bond donors (Lipinski definition) is 1. The smallest absolute Gasteiger partial charge is 0.119 e. The summed E-state index contributed by atoms with van der Waals surface area (Å²) in [7, 11) is 1.75. The molecule has 2 heterocycles. The normalized spacial score (nSPS) is 33.6. The number of thioether (sulfide) groups is 1. The van der Waals surface area contributed by atoms with E-state index in [4.69, 9.17) is 9.47 Å². The Labute approximate surface area is 143 Å². The molecule has 0 bridgehead atoms. The zero-order chi connectivity index (χ0) is 15.7. The van der Waals surface area contributed by atoms with Crippen LogP contribution in [0.15, 0.2) is 18.2 Å². The Bertz CT molecular complexity index is 556. The minimum absolute atomic E-state index is 0.177. The fraction of sp³-hybridized carbons (Fsp3) is 0.684. The van der Waals surface area contributed by atoms with Crippen LogP contribution < -0.4 is 10.1 Å². The van der Waals surface area contributed by atoms with Crippen LogP contribution in [0.2, 0.25) is 0 Å². The molecule has 0 amide bonds. The van der Waals surface area contributed by atoms with Gasteiger partial charge in [0, 0.05) is 24.4 Å². The zero-order valence-corrected chi connectivity index (χ0v) is 14.8. The lowest BCUT2D eigenvalue weighted by Gasteiger charge is -2.40. The van der Waals surface area contributed by atoms with Gasteiger partial charge in [-0.15, -0.1) is 0 Å². The van der Waals surface area contributed by atoms with Gasteiger partial charge in [-0.25, -0.2) is 0 Å². The highest BCUT2D eigenvalue weighted by Gasteiger charge is 2.40. The van der Waals surface area contributed by atoms with E-state index >= 15 is 0 Å². The molecule has 3 aliphatic rings. The molecule has 0 aromatic heterocycles. The van der Waals surface area contributed by atoms with Gasteiger partial charge in [-0.2, -0.15) is 11.8 Å². The molecule has 2 saturated heterocycles. The maximum absolute atomic E-state index is 6.15. The molecule has 4 rings (SSSR count). The Balaban J connectivity index is 1.39. The number of aryl methyl sites for hydroxylation is 1. The van der Waals surface area contributed by atoms with Crippen LogP contribution in [0.3, 0.4) is 0 Å². The topological polar surface area (TPSA) is 30.5 Å². The lowest BCUT2D eigenvalue weighted by atomic mass is 9.85. The SMILES string of the molecule is COc1ccc2c(c1)C[C@H](N[C@H]1CCO[C@]3(CCSC3)C1)CC2. The monoisotopic (exact) mass is 333 g/mol. The highest BCUT2D eigenvalue weighted by atomic mass is 32.2. The number of hydrogen-bond acceptors (Lipinski definition) is 4. The first-order chi connectivity index (χ1) is 11.3. The van der Waals surface area contributed by atoms with E-state index in [0.717, 1.165) is 25.2 Å². The van der Waals surface area contributed by atoms with E-state index in [9.17, 15) is 0 Å². The highest BCUT2D eigenvalue weighted by molar-refractivity contribution is 7.99. The summed E-state index contributed by atoms with van der Waals surface area (Å²) in [6.07, 6.45) is 7.15. The summed E-state index contributed by atoms with van der Waals surface area (Å²) in [5.41, 5.74) is 3.14. The van der Waals surface area contributed by atoms with E-state index < -0.39 is 0 Å². The summed E-state index contributed by atoms with van der Waals surface area (Å²) in [6, 6.07) is 7.78. The minimum Gasteiger partial charge on any atom is -0.497 e. The fourth-order valence-electron chi connectivity index (χ4n) is 4.37. The third-order valence-corrected chi connectivity index (χ3v) is 6.90. The van der Waals surface area contributed by atoms with Crippen molar-refractivity contribution in [1.82, 2.24) is 5.32 Å². The first kappa shape index (κ1) is 15.8. The Kier molecular flexibility index (Phi) is 4.57. The molecule has 0 saturated carbocycles. The maximum atomic E-state index is 6.15. The fourth-order valence-corrected chi connectivity index (χ4v) is 5.75. The Morgan fingerprint density at radius 2 is 2.22 bits per heavy atom. The molecule has 3 nitrogen and oxygen atoms in total. The number of ether oxygens (including phenoxy) is 2. The predicted octanol–water partition coefficient (Wildman–Crippen LogP) is 3.20. The van der Waals surface area contributed by atoms with Crippen molar-refractivity contribution in [2.45, 2.75) is 56.2 Å². The first-order valence-electron chi connectivity index (χ1n) is 8.90. The second-order valence-corrected chi connectivity index (χ2v) is 8.37. The van der Waals surface area contributed by atoms with Crippen LogP contribution in [0.5, 0.6) is 5.75 Å². The molecule has 23 heavy (non-hydrogen) atoms. The van der Waals surface area contributed by atoms with E-state index in [-0.39, 0.29) is 5.60 Å². The van der Waals surface area contributed by atoms with Gasteiger partial charge in [0.25, 0.3) is 0 Å². The summed E-state index contributed by atoms with van der Waals surface area (Å²) in [4.78, 5) is 0. The Morgan fingerprint density at radius 3 is 3.04 bits per heavy atom. The summed E-state index contributed by atoms with van der Waals surface area (Å²) in [6.45, 7) is 0.926. The van der Waals surface area contributed by atoms with Gasteiger partial charge in [0.2, 0.25) is 0 Å². The molecule has 1 aromatic rings. The third-order valence-electron chi connectivity index (χ3n) is 5.67. The average Bonchev–Trinajstić information content (AvgIpc) is 3.02. The lowest BCUT2D eigenvalue weighted by molar-refractivity contribution is -0.0714. The van der Waals surface area contributed by atoms with Gasteiger partial charge in [-0.05, 0) is 67.5 Å². The minimum atomic E-state index is 0.177. The summed E-state index contributed by atoms with van der Waals surface area (Å²) < 4.78 is 11.5. The molecular weight excluding hydrogens is 306 g/mol. The van der Waals surface area contributed by atoms with Crippen molar-refractivity contribution in [3.05, 3.63) is 29.3 Å². The van der Waals surface area contributed by atoms with Gasteiger partial charge < -0.3 is 14.8 Å². The lowest BCUT2D eigenvalue weighted by Crippen LogP contribution is -2.50. The average molecular weight is 333 g/mol. The van der Waals surface area contributed by atoms with Gasteiger partial charge in [0.1, 0.15) is 5.75 Å². The second kappa shape index (κ2) is 6.66. The van der Waals surface area contributed by atoms with Gasteiger partial charge in [0.15, 0.2) is 0 Å². The Morgan fingerprint density at radius 1 is 1.26 bits per heavy atom. The quantitative estimate of drug-likeness (QED) is 0.920. The van der Waals surface area contributed by atoms with Crippen LogP contribution in [0.1, 0.15) is 36.8 Å². The largest absolute Gasteiger partial charge is 0.497 e. The molecule has 1 aromatic carbocycles. The maximum Gasteiger partial charge on any atom is 0.119 e. The van der Waals surface area contributed by atoms with E-state index in [1.165, 1.54) is 48.3 Å². The number of rotatable bonds is 3. The van der Waals surface area contributed by atoms with Gasteiger partial charge >= 0.3 is 0 Å². The van der Waals surface area contributed by atoms with Crippen LogP contribution in [-0.2, 0) is 17.6 Å². The third kappa shape index (κ3) is 3.40. The van der Waals surface area contributed by atoms with Gasteiger partial charge in [0.05, 0.1) is 12.7 Å². The Hall–Kier alpha value is -0.710. The van der Waals surface area contributed by atoms with Gasteiger partial charge in [-0.3, -0.25) is 0 Å². The highest BCUT2D eigenvalue weighted by Crippen LogP contribution is 2.38. The number of fused-ring (bicyclic) bond motifs is 1. The number of nitrogens with one attached hydrogen (secondary N) is 1. The molecule has 1 N–H and O–H groups in total. The van der Waals surface area contributed by atoms with Crippen LogP contribution in [-0.4, -0.2) is 42.9 Å². The summed E-state index contributed by atoms with van der Waals surface area (Å²) in [5.74, 6) is 3.44. The molecule has 2 fully saturated rings. The van der Waals surface area contributed by atoms with E-state index in [2.05, 4.69) is 35.3 Å². The molecule has 1 aliphatic carbocycles. The standard InChI is InChI=1S/C19H27NO2S/c1-21-18-5-3-14-2-4-16(10-15(14)11-18)20-17-6-8-22-19(12-17)7-9-23-13-19/h3,5,11,16-17,20H,2,4,6-10,12-13H2,1H3/t16-,17+,19-/m1/s1. The molecule has 126 valence electrons. The van der Waals surface area contributed by atoms with Crippen LogP contribution >= 0.6 is 11.8 Å². The first-order valence-corrected chi connectivity index (χ1v) is 10.1. The van der Waals surface area contributed by atoms with Crippen molar-refractivity contribution in [3.8, 4) is 5.75 Å². The van der Waals surface area contributed by atoms with Gasteiger partial charge in [-0.1, -0.05) is 6.07 Å². The molecule has 1 spiro atoms. The zero-order valence-electron chi connectivity index (χ0n) is 14.0. The number of benzene rings is 1. The molecule has 0 radical (unpaired) electrons.